The van der Waals surface area contributed by atoms with E-state index in [0.29, 0.717) is 0 Å². The molecule has 1 unspecified atom stereocenters. The van der Waals surface area contributed by atoms with Crippen molar-refractivity contribution in [1.82, 2.24) is 15.1 Å². The molecule has 1 aromatic rings. The Balaban J connectivity index is 3.21. The monoisotopic (exact) mass is 338 g/mol. The number of nitro groups is 1. The number of carbonyl (C=O) groups excluding carboxylic acids is 1. The molecule has 9 nitrogen and oxygen atoms in total. The molecule has 0 aliphatic heterocycles. The Morgan fingerprint density at radius 2 is 2.05 bits per heavy atom. The Morgan fingerprint density at radius 1 is 1.52 bits per heavy atom. The number of aromatic nitrogens is 2. The Hall–Kier alpha value is -1.68. The van der Waals surface area contributed by atoms with Gasteiger partial charge < -0.3 is 15.4 Å². The Labute approximate surface area is 125 Å². The molecule has 118 valence electrons. The van der Waals surface area contributed by atoms with E-state index in [1.807, 2.05) is 0 Å². The first-order valence-electron chi connectivity index (χ1n) is 5.83. The highest BCUT2D eigenvalue weighted by atomic mass is 35.7. The summed E-state index contributed by atoms with van der Waals surface area (Å²) in [5, 5.41) is 17.0. The summed E-state index contributed by atoms with van der Waals surface area (Å²) in [6.07, 6.45) is 0.868. The Bertz CT molecular complexity index is 676. The number of halogens is 1. The minimum absolute atomic E-state index is 0.460. The van der Waals surface area contributed by atoms with Crippen molar-refractivity contribution in [2.75, 3.05) is 0 Å². The number of amides is 1. The van der Waals surface area contributed by atoms with E-state index in [9.17, 15) is 23.3 Å². The van der Waals surface area contributed by atoms with Crippen LogP contribution < -0.4 is 5.32 Å². The van der Waals surface area contributed by atoms with Crippen LogP contribution in [0.3, 0.4) is 0 Å². The molecular weight excluding hydrogens is 324 g/mol. The van der Waals surface area contributed by atoms with E-state index in [2.05, 4.69) is 10.4 Å². The van der Waals surface area contributed by atoms with Crippen LogP contribution in [0.15, 0.2) is 11.1 Å². The lowest BCUT2D eigenvalue weighted by molar-refractivity contribution is -0.392. The predicted molar refractivity (Wildman–Crippen MR) is 74.5 cm³/mol. The van der Waals surface area contributed by atoms with Crippen LogP contribution in [-0.4, -0.2) is 34.6 Å². The fourth-order valence-corrected chi connectivity index (χ4v) is 2.35. The van der Waals surface area contributed by atoms with Crippen molar-refractivity contribution in [2.24, 2.45) is 0 Å². The Kier molecular flexibility index (Phi) is 4.63. The summed E-state index contributed by atoms with van der Waals surface area (Å²) in [4.78, 5) is 21.1. The van der Waals surface area contributed by atoms with Crippen molar-refractivity contribution in [3.63, 3.8) is 0 Å². The van der Waals surface area contributed by atoms with E-state index in [1.165, 1.54) is 6.92 Å². The van der Waals surface area contributed by atoms with E-state index in [4.69, 9.17) is 10.7 Å². The van der Waals surface area contributed by atoms with Crippen molar-refractivity contribution in [2.45, 2.75) is 44.2 Å². The summed E-state index contributed by atoms with van der Waals surface area (Å²) in [5.74, 6) is -1.38. The van der Waals surface area contributed by atoms with Gasteiger partial charge in [0.2, 0.25) is 10.8 Å². The zero-order valence-electron chi connectivity index (χ0n) is 11.8. The molecule has 0 fully saturated rings. The summed E-state index contributed by atoms with van der Waals surface area (Å²) in [6.45, 7) is 6.72. The molecule has 1 N–H and O–H groups in total. The van der Waals surface area contributed by atoms with E-state index in [0.717, 1.165) is 10.9 Å². The van der Waals surface area contributed by atoms with Gasteiger partial charge in [0.1, 0.15) is 6.04 Å². The molecule has 0 aliphatic rings. The topological polar surface area (TPSA) is 124 Å². The molecular formula is C10H15ClN4O5S. The molecule has 1 heterocycles. The molecule has 0 spiro atoms. The average Bonchev–Trinajstić information content (AvgIpc) is 2.69. The second-order valence-corrected chi connectivity index (χ2v) is 7.94. The van der Waals surface area contributed by atoms with Crippen LogP contribution in [0.4, 0.5) is 5.82 Å². The van der Waals surface area contributed by atoms with Gasteiger partial charge in [0.15, 0.2) is 0 Å². The second kappa shape index (κ2) is 5.60. The van der Waals surface area contributed by atoms with Crippen LogP contribution >= 0.6 is 10.7 Å². The van der Waals surface area contributed by atoms with Gasteiger partial charge in [0.05, 0.1) is 11.3 Å². The van der Waals surface area contributed by atoms with E-state index < -0.39 is 42.2 Å². The lowest BCUT2D eigenvalue weighted by atomic mass is 10.1. The SMILES string of the molecule is CC(C(=O)NC(C)(C)C)n1cc(S(=O)(=O)Cl)c([N+](=O)[O-])n1. The van der Waals surface area contributed by atoms with Gasteiger partial charge in [-0.1, -0.05) is 0 Å². The van der Waals surface area contributed by atoms with Crippen LogP contribution in [0.25, 0.3) is 0 Å². The summed E-state index contributed by atoms with van der Waals surface area (Å²) >= 11 is 0. The highest BCUT2D eigenvalue weighted by Crippen LogP contribution is 2.26. The second-order valence-electron chi connectivity index (χ2n) is 5.41. The van der Waals surface area contributed by atoms with Gasteiger partial charge in [-0.25, -0.2) is 8.42 Å². The number of nitrogens with one attached hydrogen (secondary N) is 1. The van der Waals surface area contributed by atoms with Crippen molar-refractivity contribution in [3.05, 3.63) is 16.3 Å². The van der Waals surface area contributed by atoms with Gasteiger partial charge in [-0.3, -0.25) is 4.79 Å². The maximum atomic E-state index is 12.0. The van der Waals surface area contributed by atoms with E-state index in [-0.39, 0.29) is 0 Å². The van der Waals surface area contributed by atoms with Crippen molar-refractivity contribution in [3.8, 4) is 0 Å². The smallest absolute Gasteiger partial charge is 0.358 e. The molecule has 0 saturated heterocycles. The van der Waals surface area contributed by atoms with Crippen molar-refractivity contribution >= 4 is 31.5 Å². The van der Waals surface area contributed by atoms with Gasteiger partial charge in [0, 0.05) is 16.2 Å². The number of carbonyl (C=O) groups is 1. The molecule has 0 radical (unpaired) electrons. The maximum absolute atomic E-state index is 12.0. The van der Waals surface area contributed by atoms with Crippen LogP contribution in [0, 0.1) is 10.1 Å². The van der Waals surface area contributed by atoms with Gasteiger partial charge in [-0.05, 0) is 32.6 Å². The highest BCUT2D eigenvalue weighted by molar-refractivity contribution is 8.13. The van der Waals surface area contributed by atoms with Crippen molar-refractivity contribution < 1.29 is 18.1 Å². The van der Waals surface area contributed by atoms with E-state index >= 15 is 0 Å². The van der Waals surface area contributed by atoms with Crippen LogP contribution in [0.2, 0.25) is 0 Å². The minimum atomic E-state index is -4.34. The molecule has 1 aromatic heterocycles. The molecule has 1 atom stereocenters. The van der Waals surface area contributed by atoms with Gasteiger partial charge >= 0.3 is 5.82 Å². The van der Waals surface area contributed by atoms with Gasteiger partial charge in [0.25, 0.3) is 9.05 Å². The number of nitrogens with zero attached hydrogens (tertiary/aromatic N) is 3. The predicted octanol–water partition coefficient (Wildman–Crippen LogP) is 1.19. The van der Waals surface area contributed by atoms with Gasteiger partial charge in [-0.2, -0.15) is 4.68 Å². The number of hydrogen-bond donors (Lipinski definition) is 1. The molecule has 0 bridgehead atoms. The van der Waals surface area contributed by atoms with Crippen LogP contribution in [0.1, 0.15) is 33.7 Å². The summed E-state index contributed by atoms with van der Waals surface area (Å²) in [5.41, 5.74) is -0.508. The van der Waals surface area contributed by atoms with Crippen molar-refractivity contribution in [1.29, 1.82) is 0 Å². The number of hydrogen-bond acceptors (Lipinski definition) is 6. The molecule has 1 amide bonds. The highest BCUT2D eigenvalue weighted by Gasteiger charge is 2.33. The normalized spacial score (nSPS) is 13.8. The zero-order chi connectivity index (χ0) is 16.6. The summed E-state index contributed by atoms with van der Waals surface area (Å²) in [6, 6.07) is -0.935. The maximum Gasteiger partial charge on any atom is 0.410 e. The zero-order valence-corrected chi connectivity index (χ0v) is 13.4. The first kappa shape index (κ1) is 17.4. The first-order chi connectivity index (χ1) is 9.33. The average molecular weight is 339 g/mol. The third-order valence-electron chi connectivity index (χ3n) is 2.39. The molecule has 0 saturated carbocycles. The first-order valence-corrected chi connectivity index (χ1v) is 8.14. The third kappa shape index (κ3) is 4.39. The fourth-order valence-electron chi connectivity index (χ4n) is 1.46. The number of rotatable bonds is 4. The quantitative estimate of drug-likeness (QED) is 0.499. The van der Waals surface area contributed by atoms with Gasteiger partial charge in [-0.15, -0.1) is 0 Å². The minimum Gasteiger partial charge on any atom is -0.358 e. The van der Waals surface area contributed by atoms with Crippen LogP contribution in [0.5, 0.6) is 0 Å². The summed E-state index contributed by atoms with van der Waals surface area (Å²) in [7, 11) is 0.789. The molecule has 1 rings (SSSR count). The largest absolute Gasteiger partial charge is 0.410 e. The lowest BCUT2D eigenvalue weighted by Crippen LogP contribution is -2.43. The Morgan fingerprint density at radius 3 is 2.38 bits per heavy atom. The molecule has 0 aromatic carbocycles. The fraction of sp³-hybridized carbons (Fsp3) is 0.600. The summed E-state index contributed by atoms with van der Waals surface area (Å²) < 4.78 is 23.5. The lowest BCUT2D eigenvalue weighted by Gasteiger charge is -2.22. The third-order valence-corrected chi connectivity index (χ3v) is 3.70. The van der Waals surface area contributed by atoms with Crippen LogP contribution in [-0.2, 0) is 13.8 Å². The molecule has 11 heteroatoms. The molecule has 21 heavy (non-hydrogen) atoms. The standard InChI is InChI=1S/C10H15ClN4O5S/c1-6(9(16)12-10(2,3)4)14-5-7(21(11,19)20)8(13-14)15(17)18/h5-6H,1-4H3,(H,12,16). The molecule has 0 aliphatic carbocycles. The van der Waals surface area contributed by atoms with E-state index in [1.54, 1.807) is 20.8 Å².